The molecule has 0 saturated carbocycles. The Balaban J connectivity index is 1.12. The average Bonchev–Trinajstić information content (AvgIpc) is 3.54. The summed E-state index contributed by atoms with van der Waals surface area (Å²) in [5.41, 5.74) is 9.14. The van der Waals surface area contributed by atoms with E-state index in [0.717, 1.165) is 81.4 Å². The number of carbonyl (C=O) groups is 2. The van der Waals surface area contributed by atoms with Gasteiger partial charge in [-0.1, -0.05) is 136 Å². The van der Waals surface area contributed by atoms with Crippen molar-refractivity contribution in [2.24, 2.45) is 0 Å². The molecule has 4 nitrogen and oxygen atoms in total. The van der Waals surface area contributed by atoms with Crippen LogP contribution in [0.4, 0.5) is 5.69 Å². The molecule has 0 spiro atoms. The fraction of sp³-hybridized carbons (Fsp3) is 0.220. The third kappa shape index (κ3) is 4.42. The number of anilines is 1. The monoisotopic (exact) mass is 590 g/mol. The molecule has 0 radical (unpaired) electrons. The van der Waals surface area contributed by atoms with Gasteiger partial charge in [0.25, 0.3) is 0 Å². The molecular weight excluding hydrogens is 552 g/mol. The average molecular weight is 591 g/mol. The minimum atomic E-state index is -0.740. The van der Waals surface area contributed by atoms with Crippen LogP contribution in [-0.2, 0) is 27.0 Å². The van der Waals surface area contributed by atoms with Crippen LogP contribution in [0.3, 0.4) is 0 Å². The third-order valence-electron chi connectivity index (χ3n) is 9.82. The Morgan fingerprint density at radius 2 is 0.889 bits per heavy atom. The number of hydrogen-bond acceptors (Lipinski definition) is 2. The van der Waals surface area contributed by atoms with Crippen molar-refractivity contribution < 1.29 is 9.59 Å². The molecule has 2 N–H and O–H groups in total. The van der Waals surface area contributed by atoms with Gasteiger partial charge in [-0.2, -0.15) is 0 Å². The molecular formula is C41H38N2O2. The summed E-state index contributed by atoms with van der Waals surface area (Å²) < 4.78 is 0. The van der Waals surface area contributed by atoms with E-state index in [4.69, 9.17) is 0 Å². The summed E-state index contributed by atoms with van der Waals surface area (Å²) in [6.45, 7) is 4.68. The molecule has 4 heteroatoms. The molecule has 7 rings (SSSR count). The van der Waals surface area contributed by atoms with Crippen LogP contribution < -0.4 is 10.6 Å². The van der Waals surface area contributed by atoms with Crippen molar-refractivity contribution >= 4 is 17.5 Å². The van der Waals surface area contributed by atoms with Crippen molar-refractivity contribution in [3.05, 3.63) is 149 Å². The first-order valence-corrected chi connectivity index (χ1v) is 16.1. The van der Waals surface area contributed by atoms with Gasteiger partial charge < -0.3 is 10.6 Å². The van der Waals surface area contributed by atoms with Crippen LogP contribution >= 0.6 is 0 Å². The van der Waals surface area contributed by atoms with Crippen LogP contribution in [0.15, 0.2) is 121 Å². The molecule has 5 aromatic rings. The summed E-state index contributed by atoms with van der Waals surface area (Å²) in [6, 6.07) is 41.0. The van der Waals surface area contributed by atoms with E-state index in [1.165, 1.54) is 0 Å². The SMILES string of the molecule is CCCC1(C(=O)NCc2ccc(NC(=O)C3(CCC)c4ccccc4-c4ccccc43)cc2)c2ccccc2-c2ccccc21. The second-order valence-corrected chi connectivity index (χ2v) is 12.3. The number of amides is 2. The Labute approximate surface area is 265 Å². The summed E-state index contributed by atoms with van der Waals surface area (Å²) in [5.74, 6) is 0.0158. The number of benzene rings is 5. The van der Waals surface area contributed by atoms with Gasteiger partial charge in [0.1, 0.15) is 10.8 Å². The zero-order valence-corrected chi connectivity index (χ0v) is 25.9. The Morgan fingerprint density at radius 1 is 0.511 bits per heavy atom. The molecule has 5 aromatic carbocycles. The topological polar surface area (TPSA) is 58.2 Å². The fourth-order valence-corrected chi connectivity index (χ4v) is 7.93. The van der Waals surface area contributed by atoms with Crippen LogP contribution in [0.1, 0.15) is 67.3 Å². The first-order valence-electron chi connectivity index (χ1n) is 16.1. The van der Waals surface area contributed by atoms with Crippen molar-refractivity contribution in [1.29, 1.82) is 0 Å². The second-order valence-electron chi connectivity index (χ2n) is 12.3. The van der Waals surface area contributed by atoms with Crippen LogP contribution in [-0.4, -0.2) is 11.8 Å². The van der Waals surface area contributed by atoms with E-state index >= 15 is 0 Å². The van der Waals surface area contributed by atoms with E-state index in [0.29, 0.717) is 6.54 Å². The molecule has 224 valence electrons. The molecule has 0 unspecified atom stereocenters. The lowest BCUT2D eigenvalue weighted by Gasteiger charge is -2.31. The second kappa shape index (κ2) is 11.5. The summed E-state index contributed by atoms with van der Waals surface area (Å²) in [7, 11) is 0. The maximum absolute atomic E-state index is 14.2. The molecule has 0 bridgehead atoms. The highest BCUT2D eigenvalue weighted by atomic mass is 16.2. The van der Waals surface area contributed by atoms with E-state index in [2.05, 4.69) is 73.0 Å². The van der Waals surface area contributed by atoms with Crippen molar-refractivity contribution in [3.8, 4) is 22.3 Å². The highest BCUT2D eigenvalue weighted by Gasteiger charge is 2.49. The van der Waals surface area contributed by atoms with Gasteiger partial charge in [-0.05, 0) is 75.0 Å². The molecule has 2 aliphatic rings. The third-order valence-corrected chi connectivity index (χ3v) is 9.82. The van der Waals surface area contributed by atoms with Gasteiger partial charge in [-0.15, -0.1) is 0 Å². The van der Waals surface area contributed by atoms with Crippen molar-refractivity contribution in [2.45, 2.75) is 56.9 Å². The molecule has 0 saturated heterocycles. The molecule has 0 aromatic heterocycles. The first kappa shape index (κ1) is 28.8. The fourth-order valence-electron chi connectivity index (χ4n) is 7.93. The van der Waals surface area contributed by atoms with E-state index in [-0.39, 0.29) is 11.8 Å². The number of carbonyl (C=O) groups excluding carboxylic acids is 2. The van der Waals surface area contributed by atoms with E-state index in [9.17, 15) is 9.59 Å². The number of nitrogens with one attached hydrogen (secondary N) is 2. The zero-order chi connectivity index (χ0) is 31.0. The standard InChI is InChI=1S/C41H38N2O2/c1-3-25-40(34-17-9-5-13-30(34)31-14-6-10-18-35(31)40)38(44)42-27-28-21-23-29(24-22-28)43-39(45)41(26-4-2)36-19-11-7-15-32(36)33-16-8-12-20-37(33)41/h5-24H,3-4,25-27H2,1-2H3,(H,42,44)(H,43,45). The van der Waals surface area contributed by atoms with Gasteiger partial charge in [0.2, 0.25) is 11.8 Å². The summed E-state index contributed by atoms with van der Waals surface area (Å²) in [6.07, 6.45) is 3.23. The number of rotatable bonds is 9. The maximum atomic E-state index is 14.2. The lowest BCUT2D eigenvalue weighted by molar-refractivity contribution is -0.125. The number of fused-ring (bicyclic) bond motifs is 6. The quantitative estimate of drug-likeness (QED) is 0.180. The zero-order valence-electron chi connectivity index (χ0n) is 25.9. The van der Waals surface area contributed by atoms with E-state index in [1.807, 2.05) is 72.8 Å². The minimum absolute atomic E-state index is 0.0112. The smallest absolute Gasteiger partial charge is 0.239 e. The van der Waals surface area contributed by atoms with Crippen LogP contribution in [0.25, 0.3) is 22.3 Å². The predicted octanol–water partition coefficient (Wildman–Crippen LogP) is 8.77. The van der Waals surface area contributed by atoms with Crippen molar-refractivity contribution in [3.63, 3.8) is 0 Å². The molecule has 2 aliphatic carbocycles. The van der Waals surface area contributed by atoms with Gasteiger partial charge in [0, 0.05) is 12.2 Å². The summed E-state index contributed by atoms with van der Waals surface area (Å²) in [4.78, 5) is 28.4. The number of hydrogen-bond donors (Lipinski definition) is 2. The van der Waals surface area contributed by atoms with E-state index in [1.54, 1.807) is 0 Å². The van der Waals surface area contributed by atoms with Crippen LogP contribution in [0.5, 0.6) is 0 Å². The molecule has 0 aliphatic heterocycles. The highest BCUT2D eigenvalue weighted by Crippen LogP contribution is 2.53. The molecule has 2 amide bonds. The van der Waals surface area contributed by atoms with Gasteiger partial charge >= 0.3 is 0 Å². The maximum Gasteiger partial charge on any atom is 0.239 e. The normalized spacial score (nSPS) is 14.5. The largest absolute Gasteiger partial charge is 0.351 e. The summed E-state index contributed by atoms with van der Waals surface area (Å²) >= 11 is 0. The van der Waals surface area contributed by atoms with Gasteiger partial charge in [-0.25, -0.2) is 0 Å². The Bertz CT molecular complexity index is 1810. The Hall–Kier alpha value is -4.96. The molecule has 45 heavy (non-hydrogen) atoms. The van der Waals surface area contributed by atoms with Crippen molar-refractivity contribution in [1.82, 2.24) is 5.32 Å². The van der Waals surface area contributed by atoms with Gasteiger partial charge in [0.15, 0.2) is 0 Å². The molecule has 0 heterocycles. The summed E-state index contributed by atoms with van der Waals surface area (Å²) in [5, 5.41) is 6.52. The van der Waals surface area contributed by atoms with E-state index < -0.39 is 10.8 Å². The Morgan fingerprint density at radius 3 is 1.29 bits per heavy atom. The Kier molecular flexibility index (Phi) is 7.37. The van der Waals surface area contributed by atoms with Gasteiger partial charge in [0.05, 0.1) is 0 Å². The lowest BCUT2D eigenvalue weighted by Crippen LogP contribution is -2.43. The van der Waals surface area contributed by atoms with Crippen LogP contribution in [0, 0.1) is 0 Å². The van der Waals surface area contributed by atoms with Crippen LogP contribution in [0.2, 0.25) is 0 Å². The lowest BCUT2D eigenvalue weighted by atomic mass is 9.73. The highest BCUT2D eigenvalue weighted by molar-refractivity contribution is 6.07. The molecule has 0 atom stereocenters. The van der Waals surface area contributed by atoms with Crippen molar-refractivity contribution in [2.75, 3.05) is 5.32 Å². The predicted molar refractivity (Wildman–Crippen MR) is 182 cm³/mol. The minimum Gasteiger partial charge on any atom is -0.351 e. The first-order chi connectivity index (χ1) is 22.0. The van der Waals surface area contributed by atoms with Gasteiger partial charge in [-0.3, -0.25) is 9.59 Å². The molecule has 0 fully saturated rings.